The Balaban J connectivity index is 2.13. The lowest BCUT2D eigenvalue weighted by Gasteiger charge is -2.13. The highest BCUT2D eigenvalue weighted by Crippen LogP contribution is 2.30. The van der Waals surface area contributed by atoms with E-state index in [0.717, 1.165) is 22.3 Å². The van der Waals surface area contributed by atoms with Gasteiger partial charge < -0.3 is 14.2 Å². The minimum atomic E-state index is -0.331. The van der Waals surface area contributed by atoms with Gasteiger partial charge in [0, 0.05) is 0 Å². The van der Waals surface area contributed by atoms with E-state index in [9.17, 15) is 4.79 Å². The van der Waals surface area contributed by atoms with E-state index in [1.165, 1.54) is 0 Å². The Bertz CT molecular complexity index is 720. The van der Waals surface area contributed by atoms with Crippen molar-refractivity contribution in [2.75, 3.05) is 14.2 Å². The lowest BCUT2D eigenvalue weighted by atomic mass is 10.1. The molecule has 0 spiro atoms. The molecule has 0 radical (unpaired) electrons. The first-order chi connectivity index (χ1) is 11.0. The SMILES string of the molecule is COc1cc(C)c(COC(=O)c2ccc(C)c(C)c2)cc1OC. The molecule has 2 aromatic rings. The van der Waals surface area contributed by atoms with Gasteiger partial charge in [0.25, 0.3) is 0 Å². The number of esters is 1. The second kappa shape index (κ2) is 7.18. The number of aryl methyl sites for hydroxylation is 3. The summed E-state index contributed by atoms with van der Waals surface area (Å²) in [5.41, 5.74) is 4.65. The smallest absolute Gasteiger partial charge is 0.338 e. The molecule has 0 aliphatic rings. The van der Waals surface area contributed by atoms with Crippen LogP contribution in [0, 0.1) is 20.8 Å². The quantitative estimate of drug-likeness (QED) is 0.783. The van der Waals surface area contributed by atoms with Crippen molar-refractivity contribution in [3.63, 3.8) is 0 Å². The lowest BCUT2D eigenvalue weighted by molar-refractivity contribution is 0.0471. The molecule has 2 rings (SSSR count). The number of carbonyl (C=O) groups excluding carboxylic acids is 1. The van der Waals surface area contributed by atoms with Crippen molar-refractivity contribution in [3.05, 3.63) is 58.1 Å². The number of carbonyl (C=O) groups is 1. The van der Waals surface area contributed by atoms with E-state index in [-0.39, 0.29) is 12.6 Å². The van der Waals surface area contributed by atoms with Gasteiger partial charge in [0.1, 0.15) is 6.61 Å². The van der Waals surface area contributed by atoms with Crippen LogP contribution in [0.25, 0.3) is 0 Å². The number of methoxy groups -OCH3 is 2. The van der Waals surface area contributed by atoms with E-state index < -0.39 is 0 Å². The summed E-state index contributed by atoms with van der Waals surface area (Å²) >= 11 is 0. The Labute approximate surface area is 137 Å². The molecule has 0 heterocycles. The summed E-state index contributed by atoms with van der Waals surface area (Å²) in [5, 5.41) is 0. The van der Waals surface area contributed by atoms with Crippen molar-refractivity contribution in [3.8, 4) is 11.5 Å². The largest absolute Gasteiger partial charge is 0.493 e. The Morgan fingerprint density at radius 1 is 0.870 bits per heavy atom. The van der Waals surface area contributed by atoms with Crippen LogP contribution in [0.5, 0.6) is 11.5 Å². The zero-order valence-electron chi connectivity index (χ0n) is 14.2. The third-order valence-corrected chi connectivity index (χ3v) is 3.94. The van der Waals surface area contributed by atoms with E-state index in [1.807, 2.05) is 45.0 Å². The Morgan fingerprint density at radius 3 is 2.13 bits per heavy atom. The van der Waals surface area contributed by atoms with E-state index >= 15 is 0 Å². The third kappa shape index (κ3) is 3.83. The maximum absolute atomic E-state index is 12.2. The van der Waals surface area contributed by atoms with Gasteiger partial charge in [0.15, 0.2) is 11.5 Å². The topological polar surface area (TPSA) is 44.8 Å². The summed E-state index contributed by atoms with van der Waals surface area (Å²) in [4.78, 5) is 12.2. The van der Waals surface area contributed by atoms with Gasteiger partial charge >= 0.3 is 5.97 Å². The van der Waals surface area contributed by atoms with Gasteiger partial charge in [-0.1, -0.05) is 6.07 Å². The van der Waals surface area contributed by atoms with Crippen molar-refractivity contribution in [2.24, 2.45) is 0 Å². The van der Waals surface area contributed by atoms with Gasteiger partial charge in [0.2, 0.25) is 0 Å². The number of ether oxygens (including phenoxy) is 3. The molecule has 4 nitrogen and oxygen atoms in total. The van der Waals surface area contributed by atoms with Crippen molar-refractivity contribution in [2.45, 2.75) is 27.4 Å². The van der Waals surface area contributed by atoms with Crippen LogP contribution >= 0.6 is 0 Å². The summed E-state index contributed by atoms with van der Waals surface area (Å²) in [6, 6.07) is 9.26. The van der Waals surface area contributed by atoms with Crippen LogP contribution in [0.1, 0.15) is 32.6 Å². The molecule has 0 saturated carbocycles. The van der Waals surface area contributed by atoms with Crippen LogP contribution < -0.4 is 9.47 Å². The zero-order valence-corrected chi connectivity index (χ0v) is 14.2. The molecule has 2 aromatic carbocycles. The summed E-state index contributed by atoms with van der Waals surface area (Å²) in [6.07, 6.45) is 0. The normalized spacial score (nSPS) is 10.3. The van der Waals surface area contributed by atoms with Crippen LogP contribution in [0.3, 0.4) is 0 Å². The fraction of sp³-hybridized carbons (Fsp3) is 0.316. The molecule has 0 atom stereocenters. The molecule has 23 heavy (non-hydrogen) atoms. The summed E-state index contributed by atoms with van der Waals surface area (Å²) < 4.78 is 16.0. The molecule has 0 aliphatic heterocycles. The van der Waals surface area contributed by atoms with Crippen LogP contribution in [0.2, 0.25) is 0 Å². The first-order valence-corrected chi connectivity index (χ1v) is 7.42. The van der Waals surface area contributed by atoms with E-state index in [2.05, 4.69) is 0 Å². The molecule has 4 heteroatoms. The molecule has 122 valence electrons. The van der Waals surface area contributed by atoms with E-state index in [1.54, 1.807) is 20.3 Å². The molecule has 0 aliphatic carbocycles. The fourth-order valence-corrected chi connectivity index (χ4v) is 2.27. The molecule has 0 unspecified atom stereocenters. The first kappa shape index (κ1) is 16.9. The lowest BCUT2D eigenvalue weighted by Crippen LogP contribution is -2.07. The molecule has 0 N–H and O–H groups in total. The van der Waals surface area contributed by atoms with Gasteiger partial charge in [-0.15, -0.1) is 0 Å². The van der Waals surface area contributed by atoms with Gasteiger partial charge in [-0.25, -0.2) is 4.79 Å². The highest BCUT2D eigenvalue weighted by molar-refractivity contribution is 5.89. The first-order valence-electron chi connectivity index (χ1n) is 7.42. The van der Waals surface area contributed by atoms with Gasteiger partial charge in [0.05, 0.1) is 19.8 Å². The van der Waals surface area contributed by atoms with Gasteiger partial charge in [-0.3, -0.25) is 0 Å². The molecule has 0 saturated heterocycles. The number of hydrogen-bond acceptors (Lipinski definition) is 4. The summed E-state index contributed by atoms with van der Waals surface area (Å²) in [6.45, 7) is 6.13. The number of rotatable bonds is 5. The number of hydrogen-bond donors (Lipinski definition) is 0. The van der Waals surface area contributed by atoms with E-state index in [0.29, 0.717) is 17.1 Å². The molecular weight excluding hydrogens is 292 g/mol. The molecular formula is C19H22O4. The zero-order chi connectivity index (χ0) is 17.0. The van der Waals surface area contributed by atoms with Gasteiger partial charge in [-0.05, 0) is 67.3 Å². The highest BCUT2D eigenvalue weighted by Gasteiger charge is 2.12. The second-order valence-electron chi connectivity index (χ2n) is 5.51. The maximum atomic E-state index is 12.2. The van der Waals surface area contributed by atoms with Crippen molar-refractivity contribution in [1.82, 2.24) is 0 Å². The third-order valence-electron chi connectivity index (χ3n) is 3.94. The summed E-state index contributed by atoms with van der Waals surface area (Å²) in [7, 11) is 3.18. The predicted octanol–water partition coefficient (Wildman–Crippen LogP) is 3.99. The average molecular weight is 314 g/mol. The minimum absolute atomic E-state index is 0.192. The van der Waals surface area contributed by atoms with Crippen molar-refractivity contribution in [1.29, 1.82) is 0 Å². The molecule has 0 fully saturated rings. The maximum Gasteiger partial charge on any atom is 0.338 e. The predicted molar refractivity (Wildman–Crippen MR) is 89.3 cm³/mol. The van der Waals surface area contributed by atoms with Crippen molar-refractivity contribution < 1.29 is 19.0 Å². The molecule has 0 bridgehead atoms. The van der Waals surface area contributed by atoms with E-state index in [4.69, 9.17) is 14.2 Å². The summed E-state index contributed by atoms with van der Waals surface area (Å²) in [5.74, 6) is 0.951. The molecule has 0 aromatic heterocycles. The van der Waals surface area contributed by atoms with Crippen LogP contribution in [0.4, 0.5) is 0 Å². The standard InChI is InChI=1S/C19H22O4/c1-12-6-7-15(8-13(12)2)19(20)23-11-16-10-18(22-5)17(21-4)9-14(16)3/h6-10H,11H2,1-5H3. The van der Waals surface area contributed by atoms with Crippen LogP contribution in [-0.2, 0) is 11.3 Å². The Kier molecular flexibility index (Phi) is 5.27. The monoisotopic (exact) mass is 314 g/mol. The second-order valence-corrected chi connectivity index (χ2v) is 5.51. The Hall–Kier alpha value is -2.49. The highest BCUT2D eigenvalue weighted by atomic mass is 16.5. The van der Waals surface area contributed by atoms with Crippen molar-refractivity contribution >= 4 is 5.97 Å². The minimum Gasteiger partial charge on any atom is -0.493 e. The van der Waals surface area contributed by atoms with Gasteiger partial charge in [-0.2, -0.15) is 0 Å². The van der Waals surface area contributed by atoms with Crippen LogP contribution in [0.15, 0.2) is 30.3 Å². The van der Waals surface area contributed by atoms with Crippen LogP contribution in [-0.4, -0.2) is 20.2 Å². The molecule has 0 amide bonds. The average Bonchev–Trinajstić information content (AvgIpc) is 2.55. The Morgan fingerprint density at radius 2 is 1.52 bits per heavy atom. The fourth-order valence-electron chi connectivity index (χ4n) is 2.27. The number of benzene rings is 2.